The first-order chi connectivity index (χ1) is 17.4. The first kappa shape index (κ1) is 23.7. The van der Waals surface area contributed by atoms with E-state index in [4.69, 9.17) is 23.2 Å². The fraction of sp³-hybridized carbons (Fsp3) is 0.0769. The zero-order chi connectivity index (χ0) is 25.2. The number of anilines is 1. The number of carbonyl (C=O) groups excluding carboxylic acids is 2. The monoisotopic (exact) mass is 521 g/mol. The van der Waals surface area contributed by atoms with Gasteiger partial charge >= 0.3 is 0 Å². The number of hydrogen-bond donors (Lipinski definition) is 2. The Bertz CT molecular complexity index is 1490. The van der Waals surface area contributed by atoms with Crippen molar-refractivity contribution in [3.63, 3.8) is 0 Å². The molecule has 2 N–H and O–H groups in total. The van der Waals surface area contributed by atoms with Gasteiger partial charge < -0.3 is 15.2 Å². The van der Waals surface area contributed by atoms with E-state index in [1.165, 1.54) is 35.5 Å². The summed E-state index contributed by atoms with van der Waals surface area (Å²) in [5, 5.41) is 3.15. The van der Waals surface area contributed by atoms with Gasteiger partial charge in [0.15, 0.2) is 0 Å². The summed E-state index contributed by atoms with van der Waals surface area (Å²) < 4.78 is 14.9. The summed E-state index contributed by atoms with van der Waals surface area (Å²) in [5.74, 6) is -1.59. The van der Waals surface area contributed by atoms with Crippen LogP contribution in [0.1, 0.15) is 27.2 Å². The Morgan fingerprint density at radius 1 is 1.03 bits per heavy atom. The molecule has 7 nitrogen and oxygen atoms in total. The van der Waals surface area contributed by atoms with Crippen LogP contribution in [0.3, 0.4) is 0 Å². The second-order valence-electron chi connectivity index (χ2n) is 7.98. The van der Waals surface area contributed by atoms with Crippen molar-refractivity contribution in [3.05, 3.63) is 118 Å². The van der Waals surface area contributed by atoms with E-state index in [1.54, 1.807) is 48.7 Å². The fourth-order valence-electron chi connectivity index (χ4n) is 3.94. The minimum Gasteiger partial charge on any atom is -0.347 e. The van der Waals surface area contributed by atoms with Gasteiger partial charge in [0.1, 0.15) is 5.82 Å². The molecule has 1 aromatic heterocycles. The number of rotatable bonds is 5. The van der Waals surface area contributed by atoms with E-state index < -0.39 is 23.8 Å². The average Bonchev–Trinajstić information content (AvgIpc) is 3.37. The molecule has 36 heavy (non-hydrogen) atoms. The number of carbonyl (C=O) groups is 2. The van der Waals surface area contributed by atoms with Crippen molar-refractivity contribution in [2.75, 3.05) is 4.90 Å². The van der Waals surface area contributed by atoms with Gasteiger partial charge in [0.05, 0.1) is 40.0 Å². The van der Waals surface area contributed by atoms with Crippen LogP contribution in [0.4, 0.5) is 10.1 Å². The lowest BCUT2D eigenvalue weighted by Gasteiger charge is -2.25. The number of aliphatic imine (C=N–C) groups is 1. The normalized spacial score (nSPS) is 15.2. The SMILES string of the molecule is O=C(N[C@H]1N=C(c2ccccc2F)c2ccccc2N(Cc2cnc[nH]2)C1=O)c1ccc(Cl)c(Cl)c1. The standard InChI is InChI=1S/C26H18Cl2FN5O2/c27-19-10-9-15(11-20(19)28)25(35)33-24-26(36)34(13-16-12-30-14-31-16)22-8-4-2-6-18(22)23(32-24)17-5-1-3-7-21(17)29/h1-12,14,24H,13H2,(H,30,31)(H,33,35)/t24-/m1/s1. The topological polar surface area (TPSA) is 90.4 Å². The van der Waals surface area contributed by atoms with Gasteiger partial charge in [0.2, 0.25) is 6.17 Å². The maximum atomic E-state index is 14.9. The van der Waals surface area contributed by atoms with Gasteiger partial charge in [-0.2, -0.15) is 0 Å². The van der Waals surface area contributed by atoms with Crippen LogP contribution in [-0.2, 0) is 11.3 Å². The zero-order valence-electron chi connectivity index (χ0n) is 18.6. The third-order valence-corrected chi connectivity index (χ3v) is 6.41. The van der Waals surface area contributed by atoms with E-state index in [-0.39, 0.29) is 28.4 Å². The van der Waals surface area contributed by atoms with Crippen LogP contribution in [0, 0.1) is 5.82 Å². The van der Waals surface area contributed by atoms with Crippen LogP contribution in [-0.4, -0.2) is 33.7 Å². The van der Waals surface area contributed by atoms with Gasteiger partial charge in [-0.05, 0) is 36.4 Å². The second-order valence-corrected chi connectivity index (χ2v) is 8.80. The Labute approximate surface area is 215 Å². The smallest absolute Gasteiger partial charge is 0.272 e. The van der Waals surface area contributed by atoms with E-state index >= 15 is 0 Å². The molecular weight excluding hydrogens is 504 g/mol. The summed E-state index contributed by atoms with van der Waals surface area (Å²) >= 11 is 12.0. The molecule has 2 heterocycles. The minimum absolute atomic E-state index is 0.134. The van der Waals surface area contributed by atoms with Crippen molar-refractivity contribution in [2.24, 2.45) is 4.99 Å². The molecule has 0 unspecified atom stereocenters. The summed E-state index contributed by atoms with van der Waals surface area (Å²) in [5.41, 5.74) is 2.37. The summed E-state index contributed by atoms with van der Waals surface area (Å²) in [6.07, 6.45) is 1.76. The highest BCUT2D eigenvalue weighted by molar-refractivity contribution is 6.42. The number of para-hydroxylation sites is 1. The van der Waals surface area contributed by atoms with Crippen LogP contribution >= 0.6 is 23.2 Å². The number of benzene rings is 3. The number of imidazole rings is 1. The largest absolute Gasteiger partial charge is 0.347 e. The van der Waals surface area contributed by atoms with Gasteiger partial charge in [0.25, 0.3) is 11.8 Å². The Morgan fingerprint density at radius 2 is 1.78 bits per heavy atom. The molecule has 0 bridgehead atoms. The highest BCUT2D eigenvalue weighted by Crippen LogP contribution is 2.30. The lowest BCUT2D eigenvalue weighted by Crippen LogP contribution is -2.47. The Balaban J connectivity index is 1.62. The predicted molar refractivity (Wildman–Crippen MR) is 136 cm³/mol. The quantitative estimate of drug-likeness (QED) is 0.387. The molecule has 0 fully saturated rings. The Hall–Kier alpha value is -4.01. The van der Waals surface area contributed by atoms with Crippen molar-refractivity contribution < 1.29 is 14.0 Å². The van der Waals surface area contributed by atoms with Crippen LogP contribution in [0.2, 0.25) is 10.0 Å². The summed E-state index contributed by atoms with van der Waals surface area (Å²) in [6, 6.07) is 17.6. The number of halogens is 3. The zero-order valence-corrected chi connectivity index (χ0v) is 20.1. The number of fused-ring (bicyclic) bond motifs is 1. The number of nitrogens with one attached hydrogen (secondary N) is 2. The second kappa shape index (κ2) is 9.93. The number of benzodiazepines with no additional fused rings is 1. The van der Waals surface area contributed by atoms with Gasteiger partial charge in [-0.15, -0.1) is 0 Å². The number of hydrogen-bond acceptors (Lipinski definition) is 4. The lowest BCUT2D eigenvalue weighted by atomic mass is 9.99. The van der Waals surface area contributed by atoms with Crippen molar-refractivity contribution in [1.82, 2.24) is 15.3 Å². The molecule has 1 aliphatic rings. The lowest BCUT2D eigenvalue weighted by molar-refractivity contribution is -0.120. The molecule has 5 rings (SSSR count). The molecule has 0 saturated carbocycles. The van der Waals surface area contributed by atoms with Crippen molar-refractivity contribution in [1.29, 1.82) is 0 Å². The van der Waals surface area contributed by atoms with Gasteiger partial charge in [-0.1, -0.05) is 53.5 Å². The highest BCUT2D eigenvalue weighted by atomic mass is 35.5. The van der Waals surface area contributed by atoms with Crippen LogP contribution < -0.4 is 10.2 Å². The molecule has 2 amide bonds. The molecule has 1 aliphatic heterocycles. The van der Waals surface area contributed by atoms with E-state index in [0.29, 0.717) is 22.0 Å². The van der Waals surface area contributed by atoms with Crippen molar-refractivity contribution in [3.8, 4) is 0 Å². The van der Waals surface area contributed by atoms with E-state index in [0.717, 1.165) is 0 Å². The first-order valence-corrected chi connectivity index (χ1v) is 11.6. The highest BCUT2D eigenvalue weighted by Gasteiger charge is 2.34. The van der Waals surface area contributed by atoms with E-state index in [9.17, 15) is 14.0 Å². The summed E-state index contributed by atoms with van der Waals surface area (Å²) in [6.45, 7) is 0.134. The summed E-state index contributed by atoms with van der Waals surface area (Å²) in [7, 11) is 0. The predicted octanol–water partition coefficient (Wildman–Crippen LogP) is 5.00. The van der Waals surface area contributed by atoms with E-state index in [1.807, 2.05) is 0 Å². The summed E-state index contributed by atoms with van der Waals surface area (Å²) in [4.78, 5) is 40.0. The molecule has 1 atom stereocenters. The molecule has 0 spiro atoms. The number of aromatic amines is 1. The van der Waals surface area contributed by atoms with Crippen LogP contribution in [0.15, 0.2) is 84.2 Å². The minimum atomic E-state index is -1.35. The number of aromatic nitrogens is 2. The maximum absolute atomic E-state index is 14.9. The van der Waals surface area contributed by atoms with Gasteiger partial charge in [-0.25, -0.2) is 14.4 Å². The number of nitrogens with zero attached hydrogens (tertiary/aromatic N) is 3. The molecule has 180 valence electrons. The molecule has 0 radical (unpaired) electrons. The molecule has 0 saturated heterocycles. The van der Waals surface area contributed by atoms with Crippen LogP contribution in [0.25, 0.3) is 0 Å². The Kier molecular flexibility index (Phi) is 6.54. The fourth-order valence-corrected chi connectivity index (χ4v) is 4.24. The number of H-pyrrole nitrogens is 1. The maximum Gasteiger partial charge on any atom is 0.272 e. The molecule has 3 aromatic carbocycles. The number of amides is 2. The molecular formula is C26H18Cl2FN5O2. The molecule has 10 heteroatoms. The average molecular weight is 522 g/mol. The molecule has 4 aromatic rings. The van der Waals surface area contributed by atoms with Gasteiger partial charge in [0, 0.05) is 22.9 Å². The Morgan fingerprint density at radius 3 is 2.50 bits per heavy atom. The van der Waals surface area contributed by atoms with Gasteiger partial charge in [-0.3, -0.25) is 9.59 Å². The molecule has 0 aliphatic carbocycles. The first-order valence-electron chi connectivity index (χ1n) is 10.9. The third kappa shape index (κ3) is 4.60. The van der Waals surface area contributed by atoms with Crippen molar-refractivity contribution >= 4 is 46.4 Å². The van der Waals surface area contributed by atoms with Crippen LogP contribution in [0.5, 0.6) is 0 Å². The third-order valence-electron chi connectivity index (χ3n) is 5.67. The van der Waals surface area contributed by atoms with E-state index in [2.05, 4.69) is 20.3 Å². The van der Waals surface area contributed by atoms with Crippen molar-refractivity contribution in [2.45, 2.75) is 12.7 Å².